The molecule has 0 fully saturated rings. The Kier molecular flexibility index (Phi) is 10.6. The van der Waals surface area contributed by atoms with Crippen LogP contribution in [-0.4, -0.2) is 6.21 Å². The van der Waals surface area contributed by atoms with Crippen molar-refractivity contribution in [1.29, 1.82) is 5.41 Å². The zero-order valence-electron chi connectivity index (χ0n) is 31.3. The molecule has 3 nitrogen and oxygen atoms in total. The number of benzene rings is 9. The van der Waals surface area contributed by atoms with Gasteiger partial charge in [0, 0.05) is 29.1 Å². The van der Waals surface area contributed by atoms with Gasteiger partial charge in [-0.15, -0.1) is 0 Å². The molecule has 0 aliphatic rings. The molecule has 0 aliphatic carbocycles. The van der Waals surface area contributed by atoms with Gasteiger partial charge >= 0.3 is 0 Å². The van der Waals surface area contributed by atoms with Gasteiger partial charge in [-0.05, 0) is 91.7 Å². The maximum absolute atomic E-state index is 7.79. The molecule has 3 heteroatoms. The molecule has 0 spiro atoms. The predicted octanol–water partition coefficient (Wildman–Crippen LogP) is 14.0. The van der Waals surface area contributed by atoms with Gasteiger partial charge in [-0.3, -0.25) is 0 Å². The highest BCUT2D eigenvalue weighted by Gasteiger charge is 2.12. The average molecular weight is 723 g/mol. The number of nitrogens with two attached hydrogens (primary N) is 1. The minimum Gasteiger partial charge on any atom is -0.456 e. The minimum absolute atomic E-state index is 0.640. The van der Waals surface area contributed by atoms with E-state index in [0.717, 1.165) is 38.6 Å². The topological polar surface area (TPSA) is 63.0 Å². The van der Waals surface area contributed by atoms with Crippen LogP contribution < -0.4 is 5.73 Å². The Labute approximate surface area is 327 Å². The summed E-state index contributed by atoms with van der Waals surface area (Å²) < 4.78 is 6.03. The van der Waals surface area contributed by atoms with Crippen molar-refractivity contribution in [2.75, 3.05) is 0 Å². The Morgan fingerprint density at radius 3 is 1.66 bits per heavy atom. The van der Waals surface area contributed by atoms with Crippen LogP contribution >= 0.6 is 0 Å². The first kappa shape index (κ1) is 35.9. The van der Waals surface area contributed by atoms with E-state index in [1.165, 1.54) is 61.1 Å². The Morgan fingerprint density at radius 2 is 0.982 bits per heavy atom. The van der Waals surface area contributed by atoms with Crippen LogP contribution in [0.15, 0.2) is 205 Å². The molecule has 0 unspecified atom stereocenters. The van der Waals surface area contributed by atoms with E-state index in [0.29, 0.717) is 6.54 Å². The smallest absolute Gasteiger partial charge is 0.136 e. The number of furan rings is 1. The maximum Gasteiger partial charge on any atom is 0.136 e. The van der Waals surface area contributed by atoms with E-state index in [-0.39, 0.29) is 0 Å². The van der Waals surface area contributed by atoms with Crippen LogP contribution in [0.2, 0.25) is 0 Å². The van der Waals surface area contributed by atoms with Crippen LogP contribution in [-0.2, 0) is 6.54 Å². The molecule has 56 heavy (non-hydrogen) atoms. The summed E-state index contributed by atoms with van der Waals surface area (Å²) in [5.41, 5.74) is 17.7. The Balaban J connectivity index is 0.000000171. The van der Waals surface area contributed by atoms with E-state index >= 15 is 0 Å². The quantitative estimate of drug-likeness (QED) is 0.137. The second-order valence-electron chi connectivity index (χ2n) is 13.9. The molecular formula is C53H42N2O. The second-order valence-corrected chi connectivity index (χ2v) is 13.9. The minimum atomic E-state index is 0.640. The van der Waals surface area contributed by atoms with E-state index in [2.05, 4.69) is 146 Å². The Bertz CT molecular complexity index is 2910. The van der Waals surface area contributed by atoms with Gasteiger partial charge in [0.25, 0.3) is 0 Å². The molecule has 10 aromatic rings. The molecular weight excluding hydrogens is 681 g/mol. The third-order valence-electron chi connectivity index (χ3n) is 10.2. The number of rotatable bonds is 5. The average Bonchev–Trinajstić information content (AvgIpc) is 3.66. The summed E-state index contributed by atoms with van der Waals surface area (Å²) in [6, 6.07) is 69.6. The summed E-state index contributed by atoms with van der Waals surface area (Å²) in [6.45, 7) is 2.76. The normalized spacial score (nSPS) is 10.8. The van der Waals surface area contributed by atoms with E-state index in [4.69, 9.17) is 15.6 Å². The number of nitrogens with one attached hydrogen (secondary N) is 1. The zero-order valence-corrected chi connectivity index (χ0v) is 31.3. The van der Waals surface area contributed by atoms with Gasteiger partial charge in [-0.2, -0.15) is 0 Å². The lowest BCUT2D eigenvalue weighted by Crippen LogP contribution is -1.94. The maximum atomic E-state index is 7.79. The molecule has 0 saturated carbocycles. The highest BCUT2D eigenvalue weighted by Crippen LogP contribution is 2.35. The van der Waals surface area contributed by atoms with Crippen LogP contribution in [0.5, 0.6) is 0 Å². The molecule has 1 heterocycles. The number of aryl methyl sites for hydroxylation is 1. The first-order chi connectivity index (χ1) is 27.6. The van der Waals surface area contributed by atoms with Crippen molar-refractivity contribution >= 4 is 49.7 Å². The fourth-order valence-corrected chi connectivity index (χ4v) is 7.26. The van der Waals surface area contributed by atoms with Crippen molar-refractivity contribution in [2.24, 2.45) is 5.73 Å². The molecule has 10 rings (SSSR count). The van der Waals surface area contributed by atoms with Crippen LogP contribution in [0.4, 0.5) is 0 Å². The lowest BCUT2D eigenvalue weighted by Gasteiger charge is -2.09. The van der Waals surface area contributed by atoms with Crippen LogP contribution in [0, 0.1) is 12.3 Å². The van der Waals surface area contributed by atoms with Crippen molar-refractivity contribution in [1.82, 2.24) is 0 Å². The summed E-state index contributed by atoms with van der Waals surface area (Å²) in [4.78, 5) is 0. The monoisotopic (exact) mass is 722 g/mol. The molecule has 1 aromatic heterocycles. The highest BCUT2D eigenvalue weighted by atomic mass is 16.3. The third kappa shape index (κ3) is 7.76. The summed E-state index contributed by atoms with van der Waals surface area (Å²) in [7, 11) is 0. The van der Waals surface area contributed by atoms with Gasteiger partial charge in [0.2, 0.25) is 0 Å². The van der Waals surface area contributed by atoms with Crippen molar-refractivity contribution in [3.63, 3.8) is 0 Å². The van der Waals surface area contributed by atoms with Gasteiger partial charge in [-0.25, -0.2) is 0 Å². The zero-order chi connectivity index (χ0) is 38.3. The summed E-state index contributed by atoms with van der Waals surface area (Å²) in [6.07, 6.45) is 1.39. The Morgan fingerprint density at radius 1 is 0.446 bits per heavy atom. The first-order valence-corrected chi connectivity index (χ1v) is 18.9. The molecule has 9 aromatic carbocycles. The van der Waals surface area contributed by atoms with Crippen molar-refractivity contribution in [3.05, 3.63) is 217 Å². The SMILES string of the molecule is Cc1cccc(-c2ccccc2)c1.N=Cc1cccc2oc3ccc(-c4ccc(-c5ccc6ccc7ccccc7c6c5)cc4)cc3c12.NCc1ccccc1. The molecule has 0 amide bonds. The summed E-state index contributed by atoms with van der Waals surface area (Å²) in [5, 5.41) is 14.9. The number of hydrogen-bond donors (Lipinski definition) is 2. The summed E-state index contributed by atoms with van der Waals surface area (Å²) >= 11 is 0. The van der Waals surface area contributed by atoms with Crippen molar-refractivity contribution in [2.45, 2.75) is 13.5 Å². The van der Waals surface area contributed by atoms with Crippen molar-refractivity contribution in [3.8, 4) is 33.4 Å². The van der Waals surface area contributed by atoms with E-state index in [1.54, 1.807) is 0 Å². The van der Waals surface area contributed by atoms with Gasteiger partial charge in [0.05, 0.1) is 0 Å². The molecule has 0 aliphatic heterocycles. The Hall–Kier alpha value is -7.07. The molecule has 0 atom stereocenters. The second kappa shape index (κ2) is 16.5. The lowest BCUT2D eigenvalue weighted by atomic mass is 9.95. The van der Waals surface area contributed by atoms with E-state index in [9.17, 15) is 0 Å². The van der Waals surface area contributed by atoms with Crippen LogP contribution in [0.25, 0.3) is 76.9 Å². The standard InChI is InChI=1S/C33H21NO.C13H12.C7H9N/c34-20-27-5-3-7-32-33(27)30-19-26(16-17-31(30)35-32)22-10-8-21(9-11-22)25-15-14-24-13-12-23-4-1-2-6-28(23)29(24)18-25;1-11-6-5-9-13(10-11)12-7-3-2-4-8-12;8-6-7-4-2-1-3-5-7/h1-20,34H;2-10H,1H3;1-5H,6,8H2. The molecule has 270 valence electrons. The van der Waals surface area contributed by atoms with Gasteiger partial charge in [-0.1, -0.05) is 181 Å². The predicted molar refractivity (Wildman–Crippen MR) is 238 cm³/mol. The van der Waals surface area contributed by atoms with Gasteiger partial charge in [0.15, 0.2) is 0 Å². The summed E-state index contributed by atoms with van der Waals surface area (Å²) in [5.74, 6) is 0. The van der Waals surface area contributed by atoms with Crippen LogP contribution in [0.3, 0.4) is 0 Å². The van der Waals surface area contributed by atoms with E-state index in [1.807, 2.05) is 60.7 Å². The third-order valence-corrected chi connectivity index (χ3v) is 10.2. The van der Waals surface area contributed by atoms with Gasteiger partial charge < -0.3 is 15.6 Å². The van der Waals surface area contributed by atoms with Gasteiger partial charge in [0.1, 0.15) is 11.2 Å². The molecule has 0 saturated heterocycles. The lowest BCUT2D eigenvalue weighted by molar-refractivity contribution is 0.669. The number of hydrogen-bond acceptors (Lipinski definition) is 3. The highest BCUT2D eigenvalue weighted by molar-refractivity contribution is 6.13. The number of fused-ring (bicyclic) bond motifs is 6. The fourth-order valence-electron chi connectivity index (χ4n) is 7.26. The molecule has 3 N–H and O–H groups in total. The fraction of sp³-hybridized carbons (Fsp3) is 0.0377. The van der Waals surface area contributed by atoms with E-state index < -0.39 is 0 Å². The largest absolute Gasteiger partial charge is 0.456 e. The van der Waals surface area contributed by atoms with Crippen LogP contribution in [0.1, 0.15) is 16.7 Å². The molecule has 0 radical (unpaired) electrons. The first-order valence-electron chi connectivity index (χ1n) is 18.9. The van der Waals surface area contributed by atoms with Crippen molar-refractivity contribution < 1.29 is 4.42 Å². The molecule has 0 bridgehead atoms.